The Balaban J connectivity index is 4.29. The molecular weight excluding hydrogens is 201 g/mol. The first-order chi connectivity index (χ1) is 5.45. The molecule has 0 aromatic carbocycles. The first kappa shape index (κ1) is 12.0. The van der Waals surface area contributed by atoms with E-state index in [2.05, 4.69) is 0 Å². The van der Waals surface area contributed by atoms with Crippen molar-refractivity contribution in [2.45, 2.75) is 38.6 Å². The molecule has 0 aromatic rings. The molecule has 0 bridgehead atoms. The van der Waals surface area contributed by atoms with Crippen LogP contribution in [0.3, 0.4) is 0 Å². The minimum atomic E-state index is -1.17. The zero-order valence-corrected chi connectivity index (χ0v) is 8.69. The maximum absolute atomic E-state index is 10.8. The van der Waals surface area contributed by atoms with E-state index >= 15 is 0 Å². The van der Waals surface area contributed by atoms with E-state index in [9.17, 15) is 4.79 Å². The number of hydrogen-bond donors (Lipinski definition) is 1. The Morgan fingerprint density at radius 3 is 2.33 bits per heavy atom. The van der Waals surface area contributed by atoms with Crippen LogP contribution in [0.15, 0.2) is 0 Å². The van der Waals surface area contributed by atoms with Crippen molar-refractivity contribution in [3.05, 3.63) is 0 Å². The van der Waals surface area contributed by atoms with E-state index in [4.69, 9.17) is 28.7 Å². The summed E-state index contributed by atoms with van der Waals surface area (Å²) in [4.78, 5) is 10.8. The summed E-state index contributed by atoms with van der Waals surface area (Å²) in [6.45, 7) is 3.49. The summed E-state index contributed by atoms with van der Waals surface area (Å²) in [6.07, 6.45) is 2.16. The Morgan fingerprint density at radius 1 is 1.58 bits per heavy atom. The van der Waals surface area contributed by atoms with Crippen LogP contribution < -0.4 is 0 Å². The number of carbonyl (C=O) groups is 1. The van der Waals surface area contributed by atoms with Gasteiger partial charge in [0.1, 0.15) is 5.54 Å². The van der Waals surface area contributed by atoms with Crippen molar-refractivity contribution < 1.29 is 9.90 Å². The second-order valence-electron chi connectivity index (χ2n) is 2.92. The van der Waals surface area contributed by atoms with Crippen LogP contribution >= 0.6 is 23.6 Å². The number of unbranched alkanes of at least 4 members (excludes halogenated alkanes) is 1. The average molecular weight is 214 g/mol. The third kappa shape index (κ3) is 2.81. The van der Waals surface area contributed by atoms with Crippen LogP contribution in [-0.2, 0) is 4.79 Å². The largest absolute Gasteiger partial charge is 0.480 e. The van der Waals surface area contributed by atoms with Crippen molar-refractivity contribution in [2.75, 3.05) is 0 Å². The van der Waals surface area contributed by atoms with Crippen LogP contribution in [0, 0.1) is 0 Å². The molecule has 5 heteroatoms. The number of rotatable bonds is 5. The summed E-state index contributed by atoms with van der Waals surface area (Å²) in [5.74, 6) is -0.999. The quantitative estimate of drug-likeness (QED) is 0.715. The van der Waals surface area contributed by atoms with E-state index in [1.165, 1.54) is 6.92 Å². The Hall–Kier alpha value is 0.01000. The van der Waals surface area contributed by atoms with Gasteiger partial charge in [0.05, 0.1) is 0 Å². The zero-order chi connectivity index (χ0) is 9.78. The molecule has 0 aliphatic rings. The maximum Gasteiger partial charge on any atom is 0.326 e. The standard InChI is InChI=1S/C7H13Cl2NO2/c1-3-4-5-7(2,6(11)12)10(8)9/h3-5H2,1-2H3,(H,11,12). The van der Waals surface area contributed by atoms with Crippen molar-refractivity contribution in [2.24, 2.45) is 0 Å². The van der Waals surface area contributed by atoms with Gasteiger partial charge in [0.15, 0.2) is 0 Å². The van der Waals surface area contributed by atoms with E-state index in [1.54, 1.807) is 0 Å². The third-order valence-corrected chi connectivity index (χ3v) is 2.60. The number of aliphatic carboxylic acids is 1. The molecule has 0 spiro atoms. The summed E-state index contributed by atoms with van der Waals surface area (Å²) < 4.78 is 0.713. The van der Waals surface area contributed by atoms with Gasteiger partial charge in [-0.15, -0.1) is 3.94 Å². The SMILES string of the molecule is CCCCC(C)(C(=O)O)N(Cl)Cl. The minimum Gasteiger partial charge on any atom is -0.480 e. The Bertz CT molecular complexity index is 163. The molecule has 0 rings (SSSR count). The van der Waals surface area contributed by atoms with E-state index < -0.39 is 11.5 Å². The van der Waals surface area contributed by atoms with Crippen molar-refractivity contribution in [3.8, 4) is 0 Å². The molecule has 0 aromatic heterocycles. The second-order valence-corrected chi connectivity index (χ2v) is 3.76. The molecule has 0 saturated carbocycles. The highest BCUT2D eigenvalue weighted by molar-refractivity contribution is 6.35. The van der Waals surface area contributed by atoms with Crippen LogP contribution in [0.1, 0.15) is 33.1 Å². The van der Waals surface area contributed by atoms with Gasteiger partial charge in [-0.25, -0.2) is 0 Å². The monoisotopic (exact) mass is 213 g/mol. The Labute approximate surface area is 82.5 Å². The van der Waals surface area contributed by atoms with Gasteiger partial charge < -0.3 is 5.11 Å². The van der Waals surface area contributed by atoms with Gasteiger partial charge in [0.2, 0.25) is 0 Å². The van der Waals surface area contributed by atoms with Crippen molar-refractivity contribution in [1.29, 1.82) is 0 Å². The lowest BCUT2D eigenvalue weighted by Gasteiger charge is -2.26. The number of hydrogen-bond acceptors (Lipinski definition) is 2. The third-order valence-electron chi connectivity index (χ3n) is 1.85. The van der Waals surface area contributed by atoms with Gasteiger partial charge in [-0.3, -0.25) is 4.79 Å². The van der Waals surface area contributed by atoms with Gasteiger partial charge >= 0.3 is 5.97 Å². The fourth-order valence-corrected chi connectivity index (χ4v) is 1.10. The van der Waals surface area contributed by atoms with E-state index in [-0.39, 0.29) is 0 Å². The number of carboxylic acids is 1. The van der Waals surface area contributed by atoms with Gasteiger partial charge in [-0.1, -0.05) is 19.8 Å². The highest BCUT2D eigenvalue weighted by Crippen LogP contribution is 2.26. The second kappa shape index (κ2) is 4.90. The van der Waals surface area contributed by atoms with Gasteiger partial charge in [0, 0.05) is 0 Å². The molecule has 0 radical (unpaired) electrons. The van der Waals surface area contributed by atoms with Crippen molar-refractivity contribution in [1.82, 2.24) is 3.94 Å². The average Bonchev–Trinajstić information content (AvgIpc) is 1.99. The topological polar surface area (TPSA) is 40.5 Å². The van der Waals surface area contributed by atoms with Crippen molar-refractivity contribution in [3.63, 3.8) is 0 Å². The molecule has 1 atom stereocenters. The lowest BCUT2D eigenvalue weighted by molar-refractivity contribution is -0.145. The molecule has 72 valence electrons. The fourth-order valence-electron chi connectivity index (χ4n) is 0.785. The number of nitrogens with zero attached hydrogens (tertiary/aromatic N) is 1. The first-order valence-corrected chi connectivity index (χ1v) is 4.48. The van der Waals surface area contributed by atoms with Crippen LogP contribution in [-0.4, -0.2) is 20.6 Å². The van der Waals surface area contributed by atoms with Crippen LogP contribution in [0.25, 0.3) is 0 Å². The molecule has 12 heavy (non-hydrogen) atoms. The molecule has 1 N–H and O–H groups in total. The molecule has 0 amide bonds. The molecule has 3 nitrogen and oxygen atoms in total. The fraction of sp³-hybridized carbons (Fsp3) is 0.857. The van der Waals surface area contributed by atoms with Crippen molar-refractivity contribution >= 4 is 29.5 Å². The van der Waals surface area contributed by atoms with Crippen LogP contribution in [0.2, 0.25) is 0 Å². The number of halogens is 2. The molecule has 0 saturated heterocycles. The first-order valence-electron chi connectivity index (χ1n) is 3.80. The van der Waals surface area contributed by atoms with E-state index in [1.807, 2.05) is 6.92 Å². The van der Waals surface area contributed by atoms with Crippen LogP contribution in [0.5, 0.6) is 0 Å². The Morgan fingerprint density at radius 2 is 2.08 bits per heavy atom. The zero-order valence-electron chi connectivity index (χ0n) is 7.18. The highest BCUT2D eigenvalue weighted by Gasteiger charge is 2.38. The molecule has 0 fully saturated rings. The summed E-state index contributed by atoms with van der Waals surface area (Å²) >= 11 is 10.9. The lowest BCUT2D eigenvalue weighted by Crippen LogP contribution is -2.43. The minimum absolute atomic E-state index is 0.450. The summed E-state index contributed by atoms with van der Waals surface area (Å²) in [6, 6.07) is 0. The Kier molecular flexibility index (Phi) is 4.90. The molecule has 0 heterocycles. The van der Waals surface area contributed by atoms with Gasteiger partial charge in [0.25, 0.3) is 0 Å². The molecule has 0 aliphatic carbocycles. The predicted octanol–water partition coefficient (Wildman–Crippen LogP) is 2.63. The van der Waals surface area contributed by atoms with Crippen LogP contribution in [0.4, 0.5) is 0 Å². The van der Waals surface area contributed by atoms with E-state index in [0.717, 1.165) is 12.8 Å². The summed E-state index contributed by atoms with van der Waals surface area (Å²) in [5, 5.41) is 8.82. The smallest absolute Gasteiger partial charge is 0.326 e. The summed E-state index contributed by atoms with van der Waals surface area (Å²) in [5.41, 5.74) is -1.17. The van der Waals surface area contributed by atoms with Gasteiger partial charge in [-0.05, 0) is 36.9 Å². The normalized spacial score (nSPS) is 16.1. The molecule has 1 unspecified atom stereocenters. The highest BCUT2D eigenvalue weighted by atomic mass is 35.5. The summed E-state index contributed by atoms with van der Waals surface area (Å²) in [7, 11) is 0. The maximum atomic E-state index is 10.8. The molecular formula is C7H13Cl2NO2. The number of carboxylic acid groups (broad SMARTS) is 1. The molecule has 0 aliphatic heterocycles. The van der Waals surface area contributed by atoms with E-state index in [0.29, 0.717) is 10.4 Å². The van der Waals surface area contributed by atoms with Gasteiger partial charge in [-0.2, -0.15) is 0 Å². The predicted molar refractivity (Wildman–Crippen MR) is 49.1 cm³/mol. The lowest BCUT2D eigenvalue weighted by atomic mass is 9.97.